The van der Waals surface area contributed by atoms with Crippen molar-refractivity contribution in [3.63, 3.8) is 0 Å². The highest BCUT2D eigenvalue weighted by molar-refractivity contribution is 5.80. The highest BCUT2D eigenvalue weighted by Crippen LogP contribution is 2.29. The molecule has 4 nitrogen and oxygen atoms in total. The van der Waals surface area contributed by atoms with E-state index in [1.807, 2.05) is 0 Å². The van der Waals surface area contributed by atoms with E-state index in [1.54, 1.807) is 6.92 Å². The lowest BCUT2D eigenvalue weighted by Crippen LogP contribution is -2.52. The van der Waals surface area contributed by atoms with Gasteiger partial charge in [0.05, 0.1) is 12.7 Å². The molecule has 0 aliphatic heterocycles. The Kier molecular flexibility index (Phi) is 3.27. The third-order valence-electron chi connectivity index (χ3n) is 2.47. The van der Waals surface area contributed by atoms with E-state index in [-0.39, 0.29) is 6.61 Å². The van der Waals surface area contributed by atoms with Crippen molar-refractivity contribution in [1.29, 1.82) is 0 Å². The van der Waals surface area contributed by atoms with Gasteiger partial charge in [-0.15, -0.1) is 0 Å². The van der Waals surface area contributed by atoms with Gasteiger partial charge in [0.2, 0.25) is 0 Å². The molecule has 1 fully saturated rings. The van der Waals surface area contributed by atoms with Gasteiger partial charge in [0, 0.05) is 0 Å². The van der Waals surface area contributed by atoms with Gasteiger partial charge < -0.3 is 14.9 Å². The van der Waals surface area contributed by atoms with Crippen LogP contribution in [0.15, 0.2) is 0 Å². The number of aliphatic hydroxyl groups excluding tert-OH is 1. The molecule has 76 valence electrons. The van der Waals surface area contributed by atoms with Gasteiger partial charge in [0.15, 0.2) is 5.60 Å². The van der Waals surface area contributed by atoms with Crippen LogP contribution in [-0.2, 0) is 9.53 Å². The standard InChI is InChI=1S/C9H16O4/c1-2-13-8(11)9(12)6-4-3-5-7(9)10/h7,10,12H,2-6H2,1H3. The van der Waals surface area contributed by atoms with E-state index < -0.39 is 17.7 Å². The van der Waals surface area contributed by atoms with Crippen LogP contribution in [0.25, 0.3) is 0 Å². The molecule has 1 saturated carbocycles. The Hall–Kier alpha value is -0.610. The summed E-state index contributed by atoms with van der Waals surface area (Å²) >= 11 is 0. The van der Waals surface area contributed by atoms with Crippen molar-refractivity contribution >= 4 is 5.97 Å². The maximum atomic E-state index is 11.3. The van der Waals surface area contributed by atoms with Crippen molar-refractivity contribution in [2.75, 3.05) is 6.61 Å². The number of ether oxygens (including phenoxy) is 1. The monoisotopic (exact) mass is 188 g/mol. The molecule has 0 bridgehead atoms. The predicted octanol–water partition coefficient (Wildman–Crippen LogP) is 0.215. The molecule has 0 spiro atoms. The summed E-state index contributed by atoms with van der Waals surface area (Å²) in [5, 5.41) is 19.3. The SMILES string of the molecule is CCOC(=O)C1(O)CCCCC1O. The van der Waals surface area contributed by atoms with Crippen molar-refractivity contribution in [3.8, 4) is 0 Å². The van der Waals surface area contributed by atoms with Crippen LogP contribution in [0, 0.1) is 0 Å². The first-order chi connectivity index (χ1) is 6.11. The molecule has 1 aliphatic rings. The smallest absolute Gasteiger partial charge is 0.340 e. The third kappa shape index (κ3) is 2.00. The predicted molar refractivity (Wildman–Crippen MR) is 46.1 cm³/mol. The Morgan fingerprint density at radius 3 is 2.85 bits per heavy atom. The van der Waals surface area contributed by atoms with Crippen LogP contribution in [0.4, 0.5) is 0 Å². The number of rotatable bonds is 2. The lowest BCUT2D eigenvalue weighted by atomic mass is 9.82. The summed E-state index contributed by atoms with van der Waals surface area (Å²) in [6.07, 6.45) is 1.40. The van der Waals surface area contributed by atoms with Gasteiger partial charge in [-0.05, 0) is 26.2 Å². The molecule has 0 aromatic carbocycles. The Balaban J connectivity index is 2.65. The summed E-state index contributed by atoms with van der Waals surface area (Å²) in [4.78, 5) is 11.3. The number of aliphatic hydroxyl groups is 2. The fourth-order valence-electron chi connectivity index (χ4n) is 1.63. The minimum atomic E-state index is -1.66. The second-order valence-corrected chi connectivity index (χ2v) is 3.41. The minimum Gasteiger partial charge on any atom is -0.464 e. The fraction of sp³-hybridized carbons (Fsp3) is 0.889. The van der Waals surface area contributed by atoms with E-state index in [0.29, 0.717) is 12.8 Å². The van der Waals surface area contributed by atoms with Crippen molar-refractivity contribution < 1.29 is 19.7 Å². The second-order valence-electron chi connectivity index (χ2n) is 3.41. The van der Waals surface area contributed by atoms with Crippen molar-refractivity contribution in [2.45, 2.75) is 44.3 Å². The van der Waals surface area contributed by atoms with Crippen molar-refractivity contribution in [2.24, 2.45) is 0 Å². The van der Waals surface area contributed by atoms with E-state index >= 15 is 0 Å². The Bertz CT molecular complexity index is 192. The van der Waals surface area contributed by atoms with E-state index in [9.17, 15) is 15.0 Å². The molecule has 0 aromatic rings. The normalized spacial score (nSPS) is 34.2. The molecule has 2 N–H and O–H groups in total. The molecule has 0 amide bonds. The average Bonchev–Trinajstić information content (AvgIpc) is 2.11. The first-order valence-corrected chi connectivity index (χ1v) is 4.69. The molecule has 13 heavy (non-hydrogen) atoms. The van der Waals surface area contributed by atoms with Crippen LogP contribution in [0.5, 0.6) is 0 Å². The Morgan fingerprint density at radius 1 is 1.62 bits per heavy atom. The van der Waals surface area contributed by atoms with E-state index in [2.05, 4.69) is 0 Å². The largest absolute Gasteiger partial charge is 0.464 e. The van der Waals surface area contributed by atoms with E-state index in [4.69, 9.17) is 4.74 Å². The summed E-state index contributed by atoms with van der Waals surface area (Å²) in [7, 11) is 0. The topological polar surface area (TPSA) is 66.8 Å². The van der Waals surface area contributed by atoms with Crippen LogP contribution < -0.4 is 0 Å². The van der Waals surface area contributed by atoms with Crippen molar-refractivity contribution in [3.05, 3.63) is 0 Å². The molecule has 0 saturated heterocycles. The number of carbonyl (C=O) groups excluding carboxylic acids is 1. The summed E-state index contributed by atoms with van der Waals surface area (Å²) < 4.78 is 4.71. The van der Waals surface area contributed by atoms with Gasteiger partial charge in [0.1, 0.15) is 0 Å². The zero-order chi connectivity index (χ0) is 9.90. The molecule has 4 heteroatoms. The molecule has 2 atom stereocenters. The molecular weight excluding hydrogens is 172 g/mol. The molecule has 0 radical (unpaired) electrons. The third-order valence-corrected chi connectivity index (χ3v) is 2.47. The van der Waals surface area contributed by atoms with Gasteiger partial charge >= 0.3 is 5.97 Å². The molecule has 0 heterocycles. The van der Waals surface area contributed by atoms with Crippen LogP contribution in [0.3, 0.4) is 0 Å². The summed E-state index contributed by atoms with van der Waals surface area (Å²) in [5.74, 6) is -0.692. The van der Waals surface area contributed by atoms with Gasteiger partial charge in [-0.2, -0.15) is 0 Å². The van der Waals surface area contributed by atoms with E-state index in [0.717, 1.165) is 12.8 Å². The van der Waals surface area contributed by atoms with E-state index in [1.165, 1.54) is 0 Å². The highest BCUT2D eigenvalue weighted by atomic mass is 16.6. The molecule has 1 rings (SSSR count). The van der Waals surface area contributed by atoms with Gasteiger partial charge in [-0.3, -0.25) is 0 Å². The Morgan fingerprint density at radius 2 is 2.31 bits per heavy atom. The fourth-order valence-corrected chi connectivity index (χ4v) is 1.63. The average molecular weight is 188 g/mol. The van der Waals surface area contributed by atoms with Gasteiger partial charge in [-0.1, -0.05) is 6.42 Å². The van der Waals surface area contributed by atoms with Crippen LogP contribution in [0.2, 0.25) is 0 Å². The van der Waals surface area contributed by atoms with Crippen LogP contribution in [0.1, 0.15) is 32.6 Å². The summed E-state index contributed by atoms with van der Waals surface area (Å²) in [6.45, 7) is 1.91. The van der Waals surface area contributed by atoms with Crippen LogP contribution in [-0.4, -0.2) is 34.5 Å². The first kappa shape index (κ1) is 10.5. The summed E-state index contributed by atoms with van der Waals surface area (Å²) in [6, 6.07) is 0. The highest BCUT2D eigenvalue weighted by Gasteiger charge is 2.45. The first-order valence-electron chi connectivity index (χ1n) is 4.69. The molecule has 1 aliphatic carbocycles. The lowest BCUT2D eigenvalue weighted by molar-refractivity contribution is -0.183. The Labute approximate surface area is 77.5 Å². The number of hydrogen-bond acceptors (Lipinski definition) is 4. The maximum Gasteiger partial charge on any atom is 0.340 e. The van der Waals surface area contributed by atoms with Gasteiger partial charge in [0.25, 0.3) is 0 Å². The molecule has 0 aromatic heterocycles. The maximum absolute atomic E-state index is 11.3. The van der Waals surface area contributed by atoms with Crippen LogP contribution >= 0.6 is 0 Å². The quantitative estimate of drug-likeness (QED) is 0.608. The molecular formula is C9H16O4. The second kappa shape index (κ2) is 4.07. The molecule has 2 unspecified atom stereocenters. The number of carbonyl (C=O) groups is 1. The van der Waals surface area contributed by atoms with Gasteiger partial charge in [-0.25, -0.2) is 4.79 Å². The van der Waals surface area contributed by atoms with Crippen molar-refractivity contribution in [1.82, 2.24) is 0 Å². The zero-order valence-electron chi connectivity index (χ0n) is 7.82. The number of hydrogen-bond donors (Lipinski definition) is 2. The lowest BCUT2D eigenvalue weighted by Gasteiger charge is -2.34. The minimum absolute atomic E-state index is 0.230. The summed E-state index contributed by atoms with van der Waals surface area (Å²) in [5.41, 5.74) is -1.66. The number of esters is 1. The zero-order valence-corrected chi connectivity index (χ0v) is 7.82.